The highest BCUT2D eigenvalue weighted by Crippen LogP contribution is 2.54. The number of aliphatic hydroxyl groups is 1. The van der Waals surface area contributed by atoms with Crippen molar-refractivity contribution < 1.29 is 15.0 Å². The molecule has 1 heterocycles. The van der Waals surface area contributed by atoms with Gasteiger partial charge in [-0.15, -0.1) is 0 Å². The van der Waals surface area contributed by atoms with Crippen LogP contribution in [0.25, 0.3) is 0 Å². The molecule has 2 aliphatic rings. The van der Waals surface area contributed by atoms with Crippen molar-refractivity contribution in [1.29, 1.82) is 0 Å². The van der Waals surface area contributed by atoms with Crippen LogP contribution in [0.3, 0.4) is 0 Å². The largest absolute Gasteiger partial charge is 0.508 e. The normalized spacial score (nSPS) is 26.1. The van der Waals surface area contributed by atoms with Crippen molar-refractivity contribution in [1.82, 2.24) is 10.3 Å². The maximum Gasteiger partial charge on any atom is 0.243 e. The highest BCUT2D eigenvalue weighted by atomic mass is 35.5. The van der Waals surface area contributed by atoms with Crippen molar-refractivity contribution in [3.63, 3.8) is 0 Å². The number of aromatic nitrogens is 1. The van der Waals surface area contributed by atoms with E-state index in [9.17, 15) is 15.0 Å². The van der Waals surface area contributed by atoms with E-state index in [-0.39, 0.29) is 23.0 Å². The van der Waals surface area contributed by atoms with Crippen LogP contribution < -0.4 is 5.32 Å². The molecule has 0 spiro atoms. The molecular weight excluding hydrogens is 436 g/mol. The van der Waals surface area contributed by atoms with Gasteiger partial charge >= 0.3 is 0 Å². The van der Waals surface area contributed by atoms with Crippen molar-refractivity contribution in [3.05, 3.63) is 71.6 Å². The van der Waals surface area contributed by atoms with E-state index in [0.29, 0.717) is 25.8 Å². The molecule has 1 aromatic heterocycles. The Hall–Kier alpha value is -2.81. The molecular formula is C27H29ClN2O3. The molecule has 1 fully saturated rings. The minimum Gasteiger partial charge on any atom is -0.508 e. The number of fused-ring (bicyclic) bond motifs is 3. The van der Waals surface area contributed by atoms with Gasteiger partial charge in [-0.3, -0.25) is 9.78 Å². The lowest BCUT2D eigenvalue weighted by molar-refractivity contribution is -0.116. The van der Waals surface area contributed by atoms with Crippen LogP contribution in [0.5, 0.6) is 5.75 Å². The Morgan fingerprint density at radius 3 is 2.88 bits per heavy atom. The summed E-state index contributed by atoms with van der Waals surface area (Å²) in [5.41, 5.74) is 2.22. The Bertz CT molecular complexity index is 1090. The lowest BCUT2D eigenvalue weighted by atomic mass is 9.53. The number of rotatable bonds is 6. The highest BCUT2D eigenvalue weighted by molar-refractivity contribution is 6.30. The molecule has 3 N–H and O–H groups in total. The molecule has 1 amide bonds. The third-order valence-electron chi connectivity index (χ3n) is 7.23. The third-order valence-corrected chi connectivity index (χ3v) is 7.33. The van der Waals surface area contributed by atoms with Crippen LogP contribution in [-0.4, -0.2) is 33.3 Å². The van der Waals surface area contributed by atoms with E-state index < -0.39 is 5.60 Å². The van der Waals surface area contributed by atoms with Crippen molar-refractivity contribution in [2.75, 3.05) is 6.54 Å². The van der Waals surface area contributed by atoms with Gasteiger partial charge in [0.2, 0.25) is 5.91 Å². The number of nitrogens with zero attached hydrogens (tertiary/aromatic N) is 1. The van der Waals surface area contributed by atoms with Gasteiger partial charge < -0.3 is 15.5 Å². The Labute approximate surface area is 199 Å². The van der Waals surface area contributed by atoms with Gasteiger partial charge in [-0.05, 0) is 109 Å². The summed E-state index contributed by atoms with van der Waals surface area (Å²) in [5.74, 6) is 3.17. The number of aromatic hydroxyl groups is 1. The number of hydrogen-bond acceptors (Lipinski definition) is 4. The Morgan fingerprint density at radius 1 is 1.27 bits per heavy atom. The van der Waals surface area contributed by atoms with Gasteiger partial charge in [0.1, 0.15) is 11.4 Å². The summed E-state index contributed by atoms with van der Waals surface area (Å²) >= 11 is 5.62. The van der Waals surface area contributed by atoms with Crippen LogP contribution in [0.2, 0.25) is 0 Å². The molecule has 0 bridgehead atoms. The molecule has 4 rings (SSSR count). The SMILES string of the molecule is O=C(/C=C/C[C@]12CC[C@@](O)(C#CCl)C[C@@H]1CCc1cc(O)ccc12)NCCc1ccncc1. The molecule has 2 aromatic rings. The quantitative estimate of drug-likeness (QED) is 0.445. The highest BCUT2D eigenvalue weighted by Gasteiger charge is 2.50. The molecule has 5 nitrogen and oxygen atoms in total. The topological polar surface area (TPSA) is 82.5 Å². The van der Waals surface area contributed by atoms with E-state index in [1.807, 2.05) is 30.3 Å². The van der Waals surface area contributed by atoms with E-state index >= 15 is 0 Å². The van der Waals surface area contributed by atoms with Crippen LogP contribution in [0, 0.1) is 17.2 Å². The zero-order valence-electron chi connectivity index (χ0n) is 18.6. The van der Waals surface area contributed by atoms with Gasteiger partial charge in [0, 0.05) is 29.7 Å². The number of carbonyl (C=O) groups excluding carboxylic acids is 1. The molecule has 172 valence electrons. The first-order valence-electron chi connectivity index (χ1n) is 11.4. The number of phenolic OH excluding ortho intramolecular Hbond substituents is 1. The van der Waals surface area contributed by atoms with E-state index in [2.05, 4.69) is 21.6 Å². The number of phenols is 1. The number of aryl methyl sites for hydroxylation is 1. The first kappa shape index (κ1) is 23.4. The van der Waals surface area contributed by atoms with Crippen LogP contribution >= 0.6 is 11.6 Å². The summed E-state index contributed by atoms with van der Waals surface area (Å²) in [6, 6.07) is 9.48. The average Bonchev–Trinajstić information content (AvgIpc) is 2.80. The number of hydrogen-bond donors (Lipinski definition) is 3. The first-order valence-corrected chi connectivity index (χ1v) is 11.8. The summed E-state index contributed by atoms with van der Waals surface area (Å²) in [7, 11) is 0. The van der Waals surface area contributed by atoms with Gasteiger partial charge in [0.05, 0.1) is 0 Å². The number of allylic oxidation sites excluding steroid dienone is 1. The summed E-state index contributed by atoms with van der Waals surface area (Å²) in [4.78, 5) is 16.4. The molecule has 6 heteroatoms. The Kier molecular flexibility index (Phi) is 7.07. The first-order chi connectivity index (χ1) is 15.9. The van der Waals surface area contributed by atoms with Gasteiger partial charge in [0.15, 0.2) is 0 Å². The second-order valence-corrected chi connectivity index (χ2v) is 9.38. The summed E-state index contributed by atoms with van der Waals surface area (Å²) in [6.07, 6.45) is 12.1. The number of pyridine rings is 1. The molecule has 33 heavy (non-hydrogen) atoms. The molecule has 0 unspecified atom stereocenters. The number of benzene rings is 1. The smallest absolute Gasteiger partial charge is 0.243 e. The van der Waals surface area contributed by atoms with E-state index in [1.165, 1.54) is 5.56 Å². The molecule has 3 atom stereocenters. The maximum absolute atomic E-state index is 12.4. The Morgan fingerprint density at radius 2 is 2.09 bits per heavy atom. The standard InChI is InChI=1S/C27H29ClN2O3/c28-14-13-26(33)11-12-27(22(19-26)4-3-21-18-23(31)5-6-24(21)27)10-1-2-25(32)30-17-9-20-7-15-29-16-8-20/h1-2,5-8,15-16,18,22,31,33H,3-4,9-12,17,19H2,(H,30,32)/b2-1+/t22-,26+,27-/m0/s1. The van der Waals surface area contributed by atoms with E-state index in [4.69, 9.17) is 11.6 Å². The van der Waals surface area contributed by atoms with Gasteiger partial charge in [-0.1, -0.05) is 18.1 Å². The molecule has 0 radical (unpaired) electrons. The number of halogens is 1. The lowest BCUT2D eigenvalue weighted by Gasteiger charge is -2.52. The molecule has 1 aromatic carbocycles. The molecule has 0 saturated heterocycles. The second-order valence-electron chi connectivity index (χ2n) is 9.19. The van der Waals surface area contributed by atoms with Crippen LogP contribution in [0.1, 0.15) is 48.8 Å². The van der Waals surface area contributed by atoms with E-state index in [1.54, 1.807) is 24.5 Å². The predicted octanol–water partition coefficient (Wildman–Crippen LogP) is 4.01. The summed E-state index contributed by atoms with van der Waals surface area (Å²) < 4.78 is 0. The molecule has 0 aliphatic heterocycles. The van der Waals surface area contributed by atoms with Gasteiger partial charge in [-0.25, -0.2) is 0 Å². The van der Waals surface area contributed by atoms with Crippen molar-refractivity contribution in [2.45, 2.75) is 56.0 Å². The van der Waals surface area contributed by atoms with Crippen molar-refractivity contribution in [3.8, 4) is 17.0 Å². The minimum atomic E-state index is -1.07. The third kappa shape index (κ3) is 5.24. The van der Waals surface area contributed by atoms with Crippen LogP contribution in [0.15, 0.2) is 54.9 Å². The van der Waals surface area contributed by atoms with Crippen LogP contribution in [-0.2, 0) is 23.1 Å². The fraction of sp³-hybridized carbons (Fsp3) is 0.407. The van der Waals surface area contributed by atoms with Crippen molar-refractivity contribution >= 4 is 17.5 Å². The fourth-order valence-electron chi connectivity index (χ4n) is 5.57. The summed E-state index contributed by atoms with van der Waals surface area (Å²) in [5, 5.41) is 26.2. The number of nitrogens with one attached hydrogen (secondary N) is 1. The zero-order chi connectivity index (χ0) is 23.3. The van der Waals surface area contributed by atoms with E-state index in [0.717, 1.165) is 36.8 Å². The Balaban J connectivity index is 1.48. The summed E-state index contributed by atoms with van der Waals surface area (Å²) in [6.45, 7) is 0.563. The number of amides is 1. The maximum atomic E-state index is 12.4. The zero-order valence-corrected chi connectivity index (χ0v) is 19.3. The minimum absolute atomic E-state index is 0.112. The van der Waals surface area contributed by atoms with Gasteiger partial charge in [0.25, 0.3) is 0 Å². The second kappa shape index (κ2) is 9.99. The van der Waals surface area contributed by atoms with Crippen molar-refractivity contribution in [2.24, 2.45) is 5.92 Å². The lowest BCUT2D eigenvalue weighted by Crippen LogP contribution is -2.49. The number of carbonyl (C=O) groups is 1. The monoisotopic (exact) mass is 464 g/mol. The van der Waals surface area contributed by atoms with Gasteiger partial charge in [-0.2, -0.15) is 0 Å². The molecule has 2 aliphatic carbocycles. The molecule has 1 saturated carbocycles. The van der Waals surface area contributed by atoms with Crippen LogP contribution in [0.4, 0.5) is 0 Å². The fourth-order valence-corrected chi connectivity index (χ4v) is 5.75. The predicted molar refractivity (Wildman–Crippen MR) is 129 cm³/mol. The average molecular weight is 465 g/mol.